The predicted octanol–water partition coefficient (Wildman–Crippen LogP) is 1.56. The Morgan fingerprint density at radius 3 is 2.58 bits per heavy atom. The Morgan fingerprint density at radius 2 is 1.94 bits per heavy atom. The summed E-state index contributed by atoms with van der Waals surface area (Å²) in [5.74, 6) is -0.630. The van der Waals surface area contributed by atoms with Crippen molar-refractivity contribution in [3.05, 3.63) is 52.1 Å². The Morgan fingerprint density at radius 1 is 1.19 bits per heavy atom. The lowest BCUT2D eigenvalue weighted by Gasteiger charge is -2.30. The van der Waals surface area contributed by atoms with E-state index in [-0.39, 0.29) is 23.6 Å². The summed E-state index contributed by atoms with van der Waals surface area (Å²) in [6.07, 6.45) is 0. The van der Waals surface area contributed by atoms with Gasteiger partial charge in [-0.2, -0.15) is 0 Å². The standard InChI is InChI=1S/C20H22N4O7/c1-29-17-5-2-13(10-18(17)31-12-19(21)25)22-20(26)15-11-14(24(27)28)3-4-16(15)23-6-8-30-9-7-23/h2-5,10-11H,6-9,12H2,1H3,(H2,21,25)(H,22,26). The van der Waals surface area contributed by atoms with Crippen molar-refractivity contribution in [2.75, 3.05) is 50.2 Å². The van der Waals surface area contributed by atoms with Crippen molar-refractivity contribution in [1.29, 1.82) is 0 Å². The normalized spacial score (nSPS) is 13.4. The van der Waals surface area contributed by atoms with Crippen LogP contribution in [-0.2, 0) is 9.53 Å². The third-order valence-corrected chi connectivity index (χ3v) is 4.58. The minimum atomic E-state index is -0.664. The predicted molar refractivity (Wildman–Crippen MR) is 112 cm³/mol. The second kappa shape index (κ2) is 9.76. The lowest BCUT2D eigenvalue weighted by molar-refractivity contribution is -0.384. The van der Waals surface area contributed by atoms with Crippen LogP contribution in [0.5, 0.6) is 11.5 Å². The van der Waals surface area contributed by atoms with E-state index in [4.69, 9.17) is 19.9 Å². The Hall–Kier alpha value is -3.86. The molecular weight excluding hydrogens is 408 g/mol. The third-order valence-electron chi connectivity index (χ3n) is 4.58. The molecule has 2 aromatic rings. The molecule has 164 valence electrons. The molecule has 0 aromatic heterocycles. The lowest BCUT2D eigenvalue weighted by atomic mass is 10.1. The van der Waals surface area contributed by atoms with Gasteiger partial charge in [0, 0.05) is 37.0 Å². The van der Waals surface area contributed by atoms with Crippen LogP contribution < -0.4 is 25.4 Å². The number of hydrogen-bond donors (Lipinski definition) is 2. The van der Waals surface area contributed by atoms with E-state index in [1.165, 1.54) is 25.3 Å². The fraction of sp³-hybridized carbons (Fsp3) is 0.300. The number of nitrogens with two attached hydrogens (primary N) is 1. The first-order chi connectivity index (χ1) is 14.9. The van der Waals surface area contributed by atoms with Crippen LogP contribution in [-0.4, -0.2) is 56.8 Å². The van der Waals surface area contributed by atoms with Crippen molar-refractivity contribution in [2.45, 2.75) is 0 Å². The van der Waals surface area contributed by atoms with Crippen LogP contribution in [0.25, 0.3) is 0 Å². The molecule has 3 rings (SSSR count). The zero-order valence-corrected chi connectivity index (χ0v) is 16.8. The highest BCUT2D eigenvalue weighted by Gasteiger charge is 2.22. The minimum absolute atomic E-state index is 0.159. The summed E-state index contributed by atoms with van der Waals surface area (Å²) in [5.41, 5.74) is 6.00. The number of anilines is 2. The molecule has 2 amide bonds. The van der Waals surface area contributed by atoms with Crippen molar-refractivity contribution in [1.82, 2.24) is 0 Å². The molecule has 1 heterocycles. The van der Waals surface area contributed by atoms with Crippen LogP contribution in [0.3, 0.4) is 0 Å². The van der Waals surface area contributed by atoms with Crippen molar-refractivity contribution in [2.24, 2.45) is 5.73 Å². The van der Waals surface area contributed by atoms with Gasteiger partial charge in [0.2, 0.25) is 0 Å². The van der Waals surface area contributed by atoms with Crippen molar-refractivity contribution in [3.63, 3.8) is 0 Å². The fourth-order valence-corrected chi connectivity index (χ4v) is 3.11. The summed E-state index contributed by atoms with van der Waals surface area (Å²) >= 11 is 0. The number of nitrogens with zero attached hydrogens (tertiary/aromatic N) is 2. The van der Waals surface area contributed by atoms with Crippen molar-refractivity contribution in [3.8, 4) is 11.5 Å². The SMILES string of the molecule is COc1ccc(NC(=O)c2cc([N+](=O)[O-])ccc2N2CCOCC2)cc1OCC(N)=O. The number of methoxy groups -OCH3 is 1. The van der Waals surface area contributed by atoms with E-state index >= 15 is 0 Å². The molecule has 3 N–H and O–H groups in total. The van der Waals surface area contributed by atoms with Gasteiger partial charge < -0.3 is 30.2 Å². The van der Waals surface area contributed by atoms with Crippen LogP contribution in [0, 0.1) is 10.1 Å². The van der Waals surface area contributed by atoms with Gasteiger partial charge in [-0.05, 0) is 18.2 Å². The van der Waals surface area contributed by atoms with Gasteiger partial charge in [0.15, 0.2) is 18.1 Å². The van der Waals surface area contributed by atoms with Crippen molar-refractivity contribution < 1.29 is 28.7 Å². The highest BCUT2D eigenvalue weighted by molar-refractivity contribution is 6.08. The maximum atomic E-state index is 13.0. The number of amides is 2. The number of nitro groups is 1. The molecule has 1 saturated heterocycles. The van der Waals surface area contributed by atoms with Crippen LogP contribution in [0.4, 0.5) is 17.1 Å². The number of morpholine rings is 1. The van der Waals surface area contributed by atoms with Gasteiger partial charge in [-0.3, -0.25) is 19.7 Å². The molecule has 2 aromatic carbocycles. The van der Waals surface area contributed by atoms with Crippen LogP contribution in [0.2, 0.25) is 0 Å². The van der Waals surface area contributed by atoms with E-state index in [2.05, 4.69) is 5.32 Å². The Kier molecular flexibility index (Phi) is 6.88. The number of nitrogens with one attached hydrogen (secondary N) is 1. The Balaban J connectivity index is 1.89. The number of nitro benzene ring substituents is 1. The minimum Gasteiger partial charge on any atom is -0.493 e. The van der Waals surface area contributed by atoms with E-state index in [1.807, 2.05) is 4.90 Å². The Labute approximate surface area is 177 Å². The first-order valence-corrected chi connectivity index (χ1v) is 9.40. The van der Waals surface area contributed by atoms with E-state index in [0.29, 0.717) is 43.4 Å². The van der Waals surface area contributed by atoms with E-state index in [9.17, 15) is 19.7 Å². The van der Waals surface area contributed by atoms with Crippen LogP contribution in [0.1, 0.15) is 10.4 Å². The summed E-state index contributed by atoms with van der Waals surface area (Å²) < 4.78 is 15.8. The molecule has 1 aliphatic heterocycles. The maximum Gasteiger partial charge on any atom is 0.270 e. The zero-order valence-electron chi connectivity index (χ0n) is 16.8. The van der Waals surface area contributed by atoms with Gasteiger partial charge in [0.1, 0.15) is 0 Å². The van der Waals surface area contributed by atoms with Gasteiger partial charge >= 0.3 is 0 Å². The number of carbonyl (C=O) groups excluding carboxylic acids is 2. The van der Waals surface area contributed by atoms with E-state index < -0.39 is 16.7 Å². The molecule has 11 heteroatoms. The lowest BCUT2D eigenvalue weighted by Crippen LogP contribution is -2.37. The van der Waals surface area contributed by atoms with Gasteiger partial charge in [-0.1, -0.05) is 0 Å². The quantitative estimate of drug-likeness (QED) is 0.474. The van der Waals surface area contributed by atoms with Gasteiger partial charge in [-0.15, -0.1) is 0 Å². The highest BCUT2D eigenvalue weighted by Crippen LogP contribution is 2.32. The number of primary amides is 1. The average Bonchev–Trinajstić information content (AvgIpc) is 2.77. The largest absolute Gasteiger partial charge is 0.493 e. The molecular formula is C20H22N4O7. The monoisotopic (exact) mass is 430 g/mol. The van der Waals surface area contributed by atoms with Gasteiger partial charge in [-0.25, -0.2) is 0 Å². The number of carbonyl (C=O) groups is 2. The average molecular weight is 430 g/mol. The van der Waals surface area contributed by atoms with E-state index in [0.717, 1.165) is 0 Å². The molecule has 0 saturated carbocycles. The summed E-state index contributed by atoms with van der Waals surface area (Å²) in [6.45, 7) is 1.76. The van der Waals surface area contributed by atoms with E-state index in [1.54, 1.807) is 18.2 Å². The molecule has 0 aliphatic carbocycles. The number of rotatable bonds is 8. The fourth-order valence-electron chi connectivity index (χ4n) is 3.11. The van der Waals surface area contributed by atoms with Gasteiger partial charge in [0.05, 0.1) is 36.5 Å². The van der Waals surface area contributed by atoms with Crippen molar-refractivity contribution >= 4 is 28.9 Å². The molecule has 1 fully saturated rings. The second-order valence-electron chi connectivity index (χ2n) is 6.63. The first kappa shape index (κ1) is 21.8. The number of benzene rings is 2. The first-order valence-electron chi connectivity index (χ1n) is 9.40. The summed E-state index contributed by atoms with van der Waals surface area (Å²) in [6, 6.07) is 8.79. The summed E-state index contributed by atoms with van der Waals surface area (Å²) in [5, 5.41) is 13.9. The topological polar surface area (TPSA) is 146 Å². The smallest absolute Gasteiger partial charge is 0.270 e. The number of non-ortho nitro benzene ring substituents is 1. The summed E-state index contributed by atoms with van der Waals surface area (Å²) in [7, 11) is 1.43. The molecule has 0 bridgehead atoms. The maximum absolute atomic E-state index is 13.0. The molecule has 1 aliphatic rings. The van der Waals surface area contributed by atoms with Crippen LogP contribution in [0.15, 0.2) is 36.4 Å². The molecule has 0 spiro atoms. The number of hydrogen-bond acceptors (Lipinski definition) is 8. The Bertz CT molecular complexity index is 989. The van der Waals surface area contributed by atoms with Gasteiger partial charge in [0.25, 0.3) is 17.5 Å². The van der Waals surface area contributed by atoms with Crippen LogP contribution >= 0.6 is 0 Å². The zero-order chi connectivity index (χ0) is 22.4. The molecule has 0 radical (unpaired) electrons. The number of ether oxygens (including phenoxy) is 3. The molecule has 0 atom stereocenters. The third kappa shape index (κ3) is 5.39. The molecule has 0 unspecified atom stereocenters. The summed E-state index contributed by atoms with van der Waals surface area (Å²) in [4.78, 5) is 36.7. The second-order valence-corrected chi connectivity index (χ2v) is 6.63. The molecule has 31 heavy (non-hydrogen) atoms. The highest BCUT2D eigenvalue weighted by atomic mass is 16.6. The molecule has 11 nitrogen and oxygen atoms in total.